The molecule has 0 saturated carbocycles. The fourth-order valence-electron chi connectivity index (χ4n) is 6.31. The molecule has 2 saturated heterocycles. The van der Waals surface area contributed by atoms with Crippen LogP contribution in [0.15, 0.2) is 67.0 Å². The molecule has 5 heteroatoms. The highest BCUT2D eigenvalue weighted by Crippen LogP contribution is 2.41. The van der Waals surface area contributed by atoms with Crippen LogP contribution in [0.2, 0.25) is 0 Å². The molecule has 178 valence electrons. The van der Waals surface area contributed by atoms with Crippen LogP contribution in [-0.2, 0) is 6.42 Å². The molecule has 4 heterocycles. The summed E-state index contributed by atoms with van der Waals surface area (Å²) in [5, 5.41) is 1.17. The highest BCUT2D eigenvalue weighted by Gasteiger charge is 2.43. The number of fused-ring (bicyclic) bond motifs is 3. The normalized spacial score (nSPS) is 21.4. The summed E-state index contributed by atoms with van der Waals surface area (Å²) in [7, 11) is 1.68. The van der Waals surface area contributed by atoms with E-state index in [2.05, 4.69) is 52.1 Å². The molecule has 0 aliphatic carbocycles. The second kappa shape index (κ2) is 8.88. The highest BCUT2D eigenvalue weighted by atomic mass is 16.5. The number of carbonyl (C=O) groups excluding carboxylic acids is 1. The van der Waals surface area contributed by atoms with Crippen molar-refractivity contribution in [1.82, 2.24) is 14.9 Å². The Morgan fingerprint density at radius 3 is 2.60 bits per heavy atom. The Morgan fingerprint density at radius 2 is 1.86 bits per heavy atom. The summed E-state index contributed by atoms with van der Waals surface area (Å²) in [4.78, 5) is 23.8. The van der Waals surface area contributed by atoms with Crippen LogP contribution in [0.4, 0.5) is 0 Å². The van der Waals surface area contributed by atoms with Crippen LogP contribution in [0.25, 0.3) is 22.2 Å². The molecule has 35 heavy (non-hydrogen) atoms. The maximum absolute atomic E-state index is 13.8. The largest absolute Gasteiger partial charge is 0.497 e. The van der Waals surface area contributed by atoms with Gasteiger partial charge < -0.3 is 14.6 Å². The standard InChI is InChI=1S/C30H31N3O2/c1-19-27(22-6-10-26(35-2)11-7-22)4-3-5-28(19)30(34)33-24-8-9-25(33)17-20(16-24)14-21-15-23-12-13-31-29(23)32-18-21/h3-7,10-13,15,18,20,24-25H,8-9,14,16-17H2,1-2H3,(H,31,32). The molecule has 2 unspecified atom stereocenters. The van der Waals surface area contributed by atoms with E-state index in [1.54, 1.807) is 7.11 Å². The Hall–Kier alpha value is -3.60. The monoisotopic (exact) mass is 465 g/mol. The second-order valence-corrected chi connectivity index (χ2v) is 10.1. The van der Waals surface area contributed by atoms with Gasteiger partial charge in [0.05, 0.1) is 7.11 Å². The van der Waals surface area contributed by atoms with Crippen molar-refractivity contribution in [3.8, 4) is 16.9 Å². The van der Waals surface area contributed by atoms with Crippen molar-refractivity contribution < 1.29 is 9.53 Å². The lowest BCUT2D eigenvalue weighted by Crippen LogP contribution is -2.47. The molecule has 2 aromatic heterocycles. The van der Waals surface area contributed by atoms with Crippen LogP contribution < -0.4 is 4.74 Å². The van der Waals surface area contributed by atoms with Crippen molar-refractivity contribution in [3.05, 3.63) is 83.7 Å². The molecule has 1 N–H and O–H groups in total. The molecular weight excluding hydrogens is 434 g/mol. The average molecular weight is 466 g/mol. The maximum atomic E-state index is 13.8. The number of ether oxygens (including phenoxy) is 1. The van der Waals surface area contributed by atoms with Gasteiger partial charge in [-0.05, 0) is 97.5 Å². The van der Waals surface area contributed by atoms with Gasteiger partial charge in [0.1, 0.15) is 11.4 Å². The summed E-state index contributed by atoms with van der Waals surface area (Å²) in [6.45, 7) is 2.08. The molecular formula is C30H31N3O2. The molecule has 2 aliphatic heterocycles. The maximum Gasteiger partial charge on any atom is 0.254 e. The van der Waals surface area contributed by atoms with E-state index in [1.165, 1.54) is 10.9 Å². The number of aromatic amines is 1. The van der Waals surface area contributed by atoms with Gasteiger partial charge in [0.2, 0.25) is 0 Å². The van der Waals surface area contributed by atoms with Crippen molar-refractivity contribution in [2.24, 2.45) is 5.92 Å². The van der Waals surface area contributed by atoms with Crippen molar-refractivity contribution in [3.63, 3.8) is 0 Å². The van der Waals surface area contributed by atoms with Gasteiger partial charge in [-0.2, -0.15) is 0 Å². The predicted octanol–water partition coefficient (Wildman–Crippen LogP) is 6.17. The smallest absolute Gasteiger partial charge is 0.254 e. The lowest BCUT2D eigenvalue weighted by atomic mass is 9.85. The fraction of sp³-hybridized carbons (Fsp3) is 0.333. The Bertz CT molecular complexity index is 1360. The zero-order valence-corrected chi connectivity index (χ0v) is 20.3. The molecule has 2 fully saturated rings. The van der Waals surface area contributed by atoms with E-state index in [-0.39, 0.29) is 5.91 Å². The van der Waals surface area contributed by atoms with E-state index in [0.717, 1.165) is 65.8 Å². The first-order chi connectivity index (χ1) is 17.1. The summed E-state index contributed by atoms with van der Waals surface area (Å²) in [6.07, 6.45) is 9.35. The Kier molecular flexibility index (Phi) is 5.56. The van der Waals surface area contributed by atoms with E-state index in [4.69, 9.17) is 4.74 Å². The van der Waals surface area contributed by atoms with Crippen LogP contribution in [-0.4, -0.2) is 40.0 Å². The van der Waals surface area contributed by atoms with Gasteiger partial charge in [-0.15, -0.1) is 0 Å². The summed E-state index contributed by atoms with van der Waals surface area (Å²) in [6, 6.07) is 19.2. The number of hydrogen-bond acceptors (Lipinski definition) is 3. The first-order valence-electron chi connectivity index (χ1n) is 12.6. The molecule has 6 rings (SSSR count). The quantitative estimate of drug-likeness (QED) is 0.383. The molecule has 0 spiro atoms. The van der Waals surface area contributed by atoms with Crippen molar-refractivity contribution in [2.45, 2.75) is 51.1 Å². The van der Waals surface area contributed by atoms with Crippen LogP contribution in [0, 0.1) is 12.8 Å². The molecule has 2 atom stereocenters. The van der Waals surface area contributed by atoms with Crippen molar-refractivity contribution in [2.75, 3.05) is 7.11 Å². The van der Waals surface area contributed by atoms with Gasteiger partial charge in [-0.3, -0.25) is 4.79 Å². The molecule has 2 aromatic carbocycles. The Labute approximate surface area is 206 Å². The number of hydrogen-bond donors (Lipinski definition) is 1. The molecule has 4 aromatic rings. The lowest BCUT2D eigenvalue weighted by Gasteiger charge is -2.39. The molecule has 5 nitrogen and oxygen atoms in total. The van der Waals surface area contributed by atoms with E-state index in [9.17, 15) is 4.79 Å². The number of piperidine rings is 1. The van der Waals surface area contributed by atoms with Gasteiger partial charge in [0.25, 0.3) is 5.91 Å². The number of methoxy groups -OCH3 is 1. The number of amides is 1. The molecule has 0 radical (unpaired) electrons. The average Bonchev–Trinajstić information content (AvgIpc) is 3.45. The van der Waals surface area contributed by atoms with Crippen molar-refractivity contribution in [1.29, 1.82) is 0 Å². The third kappa shape index (κ3) is 3.99. The number of pyridine rings is 1. The zero-order chi connectivity index (χ0) is 23.9. The van der Waals surface area contributed by atoms with E-state index in [1.807, 2.05) is 36.7 Å². The van der Waals surface area contributed by atoms with Crippen molar-refractivity contribution >= 4 is 16.9 Å². The third-order valence-electron chi connectivity index (χ3n) is 8.01. The highest BCUT2D eigenvalue weighted by molar-refractivity contribution is 5.98. The minimum Gasteiger partial charge on any atom is -0.497 e. The van der Waals surface area contributed by atoms with Crippen LogP contribution in [0.5, 0.6) is 5.75 Å². The number of nitrogens with one attached hydrogen (secondary N) is 1. The van der Waals surface area contributed by atoms with E-state index in [0.29, 0.717) is 18.0 Å². The van der Waals surface area contributed by atoms with E-state index < -0.39 is 0 Å². The van der Waals surface area contributed by atoms with Gasteiger partial charge in [0.15, 0.2) is 0 Å². The minimum absolute atomic E-state index is 0.194. The first-order valence-corrected chi connectivity index (χ1v) is 12.6. The minimum atomic E-state index is 0.194. The number of carbonyl (C=O) groups is 1. The Balaban J connectivity index is 1.20. The number of H-pyrrole nitrogens is 1. The van der Waals surface area contributed by atoms with Gasteiger partial charge in [-0.1, -0.05) is 24.3 Å². The first kappa shape index (κ1) is 21.9. The molecule has 2 bridgehead atoms. The van der Waals surface area contributed by atoms with Gasteiger partial charge >= 0.3 is 0 Å². The third-order valence-corrected chi connectivity index (χ3v) is 8.01. The SMILES string of the molecule is COc1ccc(-c2cccc(C(=O)N3C4CCC3CC(Cc3cnc5[nH]ccc5c3)C4)c2C)cc1. The number of aromatic nitrogens is 2. The predicted molar refractivity (Wildman–Crippen MR) is 139 cm³/mol. The van der Waals surface area contributed by atoms with E-state index >= 15 is 0 Å². The fourth-order valence-corrected chi connectivity index (χ4v) is 6.31. The van der Waals surface area contributed by atoms with Gasteiger partial charge in [-0.25, -0.2) is 4.98 Å². The number of rotatable bonds is 5. The number of nitrogens with zero attached hydrogens (tertiary/aromatic N) is 2. The summed E-state index contributed by atoms with van der Waals surface area (Å²) in [5.41, 5.74) is 6.33. The topological polar surface area (TPSA) is 58.2 Å². The second-order valence-electron chi connectivity index (χ2n) is 10.1. The number of benzene rings is 2. The summed E-state index contributed by atoms with van der Waals surface area (Å²) in [5.74, 6) is 1.63. The Morgan fingerprint density at radius 1 is 1.09 bits per heavy atom. The van der Waals surface area contributed by atoms with Crippen LogP contribution in [0.3, 0.4) is 0 Å². The lowest BCUT2D eigenvalue weighted by molar-refractivity contribution is 0.0524. The molecule has 1 amide bonds. The zero-order valence-electron chi connectivity index (χ0n) is 20.3. The molecule has 2 aliphatic rings. The van der Waals surface area contributed by atoms with Crippen LogP contribution in [0.1, 0.15) is 47.2 Å². The van der Waals surface area contributed by atoms with Crippen LogP contribution >= 0.6 is 0 Å². The summed E-state index contributed by atoms with van der Waals surface area (Å²) >= 11 is 0. The summed E-state index contributed by atoms with van der Waals surface area (Å²) < 4.78 is 5.30. The van der Waals surface area contributed by atoms with Gasteiger partial charge in [0, 0.05) is 35.4 Å².